The zero-order valence-electron chi connectivity index (χ0n) is 4.21. The fourth-order valence-electron chi connectivity index (χ4n) is 0.428. The Morgan fingerprint density at radius 1 is 1.00 bits per heavy atom. The maximum atomic E-state index is 8.63. The number of hydrogen-bond donors (Lipinski definition) is 1. The van der Waals surface area contributed by atoms with E-state index in [0.29, 0.717) is 5.75 Å². The molecule has 8 heavy (non-hydrogen) atoms. The first-order chi connectivity index (χ1) is 3.39. The maximum absolute atomic E-state index is 8.63. The van der Waals surface area contributed by atoms with Crippen molar-refractivity contribution in [2.75, 3.05) is 0 Å². The maximum Gasteiger partial charge on any atom is 0.115 e. The Kier molecular flexibility index (Phi) is 4.82. The van der Waals surface area contributed by atoms with Crippen LogP contribution >= 0.6 is 0 Å². The summed E-state index contributed by atoms with van der Waals surface area (Å²) in [5, 5.41) is 8.63. The van der Waals surface area contributed by atoms with E-state index < -0.39 is 0 Å². The van der Waals surface area contributed by atoms with Gasteiger partial charge in [-0.25, -0.2) is 0 Å². The molecule has 0 unspecified atom stereocenters. The molecule has 1 rings (SSSR count). The summed E-state index contributed by atoms with van der Waals surface area (Å²) in [5.41, 5.74) is 0. The molecule has 0 aliphatic carbocycles. The minimum absolute atomic E-state index is 0. The molecule has 0 atom stereocenters. The summed E-state index contributed by atoms with van der Waals surface area (Å²) in [5.74, 6) is 0.322. The van der Waals surface area contributed by atoms with Crippen molar-refractivity contribution in [3.63, 3.8) is 0 Å². The summed E-state index contributed by atoms with van der Waals surface area (Å²) in [4.78, 5) is 0. The normalized spacial score (nSPS) is 7.50. The summed E-state index contributed by atoms with van der Waals surface area (Å²) in [6, 6.07) is 8.71. The molecule has 0 spiro atoms. The number of aromatic hydroxyl groups is 1. The first-order valence-electron chi connectivity index (χ1n) is 2.13. The third kappa shape index (κ3) is 2.80. The number of benzene rings is 1. The molecule has 0 aliphatic heterocycles. The predicted molar refractivity (Wildman–Crippen MR) is 28.1 cm³/mol. The molecule has 43 valence electrons. The third-order valence-electron chi connectivity index (χ3n) is 0.756. The molecule has 0 fully saturated rings. The number of phenolic OH excluding ortho intramolecular Hbond substituents is 1. The Labute approximate surface area is 89.3 Å². The van der Waals surface area contributed by atoms with E-state index in [1.165, 1.54) is 0 Å². The van der Waals surface area contributed by atoms with E-state index in [1.807, 2.05) is 6.07 Å². The Balaban J connectivity index is 0.000000490. The van der Waals surface area contributed by atoms with Crippen molar-refractivity contribution in [2.45, 2.75) is 0 Å². The van der Waals surface area contributed by atoms with Crippen LogP contribution in [0.15, 0.2) is 30.3 Å². The summed E-state index contributed by atoms with van der Waals surface area (Å²) >= 11 is 0. The molecule has 1 aromatic rings. The largest absolute Gasteiger partial charge is 0.508 e. The SMILES string of the molecule is Oc1ccccc1.[Eu]. The van der Waals surface area contributed by atoms with Gasteiger partial charge in [-0.2, -0.15) is 0 Å². The average molecular weight is 246 g/mol. The van der Waals surface area contributed by atoms with Gasteiger partial charge in [0.15, 0.2) is 0 Å². The van der Waals surface area contributed by atoms with Crippen molar-refractivity contribution in [3.8, 4) is 5.75 Å². The van der Waals surface area contributed by atoms with Crippen LogP contribution < -0.4 is 0 Å². The monoisotopic (exact) mass is 247 g/mol. The van der Waals surface area contributed by atoms with Crippen molar-refractivity contribution in [1.29, 1.82) is 0 Å². The van der Waals surface area contributed by atoms with Crippen LogP contribution in [0.2, 0.25) is 0 Å². The molecular formula is C6H6EuO. The number of phenols is 1. The molecular weight excluding hydrogens is 240 g/mol. The predicted octanol–water partition coefficient (Wildman–Crippen LogP) is 1.39. The van der Waals surface area contributed by atoms with Crippen LogP contribution in [0.25, 0.3) is 0 Å². The first-order valence-corrected chi connectivity index (χ1v) is 2.13. The molecule has 1 nitrogen and oxygen atoms in total. The van der Waals surface area contributed by atoms with Gasteiger partial charge in [0, 0.05) is 49.4 Å². The second kappa shape index (κ2) is 4.48. The summed E-state index contributed by atoms with van der Waals surface area (Å²) in [6.07, 6.45) is 0. The van der Waals surface area contributed by atoms with E-state index in [0.717, 1.165) is 0 Å². The molecule has 0 saturated heterocycles. The Hall–Kier alpha value is 0.604. The second-order valence-corrected chi connectivity index (χ2v) is 1.34. The number of hydrogen-bond acceptors (Lipinski definition) is 1. The minimum Gasteiger partial charge on any atom is -0.508 e. The van der Waals surface area contributed by atoms with Gasteiger partial charge in [-0.15, -0.1) is 0 Å². The van der Waals surface area contributed by atoms with Crippen molar-refractivity contribution in [2.24, 2.45) is 0 Å². The molecule has 0 aromatic heterocycles. The van der Waals surface area contributed by atoms with Crippen molar-refractivity contribution >= 4 is 0 Å². The molecule has 1 radical (unpaired) electrons. The Bertz CT molecular complexity index is 138. The van der Waals surface area contributed by atoms with Gasteiger partial charge in [0.25, 0.3) is 0 Å². The van der Waals surface area contributed by atoms with Crippen molar-refractivity contribution < 1.29 is 54.5 Å². The molecule has 1 aromatic carbocycles. The smallest absolute Gasteiger partial charge is 0.115 e. The van der Waals surface area contributed by atoms with Crippen LogP contribution in [-0.4, -0.2) is 5.11 Å². The van der Waals surface area contributed by atoms with E-state index in [4.69, 9.17) is 5.11 Å². The van der Waals surface area contributed by atoms with Gasteiger partial charge in [0.1, 0.15) is 5.75 Å². The fraction of sp³-hybridized carbons (Fsp3) is 0. The summed E-state index contributed by atoms with van der Waals surface area (Å²) in [7, 11) is 0. The van der Waals surface area contributed by atoms with E-state index in [-0.39, 0.29) is 49.4 Å². The van der Waals surface area contributed by atoms with E-state index in [9.17, 15) is 0 Å². The minimum atomic E-state index is 0. The van der Waals surface area contributed by atoms with Crippen molar-refractivity contribution in [1.82, 2.24) is 0 Å². The molecule has 0 aliphatic rings. The number of para-hydroxylation sites is 1. The van der Waals surface area contributed by atoms with Crippen LogP contribution in [0.1, 0.15) is 0 Å². The molecule has 0 amide bonds. The van der Waals surface area contributed by atoms with E-state index in [1.54, 1.807) is 24.3 Å². The summed E-state index contributed by atoms with van der Waals surface area (Å²) in [6.45, 7) is 0. The van der Waals surface area contributed by atoms with Gasteiger partial charge >= 0.3 is 0 Å². The van der Waals surface area contributed by atoms with Crippen LogP contribution in [0, 0.1) is 49.4 Å². The molecule has 0 bridgehead atoms. The molecule has 0 heterocycles. The second-order valence-electron chi connectivity index (χ2n) is 1.34. The van der Waals surface area contributed by atoms with Crippen LogP contribution in [0.5, 0.6) is 5.75 Å². The standard InChI is InChI=1S/C6H6O.Eu/c7-6-4-2-1-3-5-6;/h1-5,7H;. The Morgan fingerprint density at radius 3 is 1.75 bits per heavy atom. The first kappa shape index (κ1) is 8.60. The summed E-state index contributed by atoms with van der Waals surface area (Å²) < 4.78 is 0. The van der Waals surface area contributed by atoms with Gasteiger partial charge in [-0.3, -0.25) is 0 Å². The Morgan fingerprint density at radius 2 is 1.50 bits per heavy atom. The third-order valence-corrected chi connectivity index (χ3v) is 0.756. The average Bonchev–Trinajstić information content (AvgIpc) is 1.69. The quantitative estimate of drug-likeness (QED) is 0.733. The van der Waals surface area contributed by atoms with Crippen molar-refractivity contribution in [3.05, 3.63) is 30.3 Å². The van der Waals surface area contributed by atoms with Gasteiger partial charge in [-0.05, 0) is 12.1 Å². The van der Waals surface area contributed by atoms with Gasteiger partial charge in [-0.1, -0.05) is 18.2 Å². The van der Waals surface area contributed by atoms with Crippen LogP contribution in [-0.2, 0) is 0 Å². The molecule has 2 heteroatoms. The number of rotatable bonds is 0. The van der Waals surface area contributed by atoms with Crippen LogP contribution in [0.3, 0.4) is 0 Å². The zero-order chi connectivity index (χ0) is 5.11. The van der Waals surface area contributed by atoms with Gasteiger partial charge < -0.3 is 5.11 Å². The van der Waals surface area contributed by atoms with E-state index >= 15 is 0 Å². The molecule has 1 N–H and O–H groups in total. The zero-order valence-corrected chi connectivity index (χ0v) is 6.64. The van der Waals surface area contributed by atoms with Gasteiger partial charge in [0.2, 0.25) is 0 Å². The molecule has 0 saturated carbocycles. The topological polar surface area (TPSA) is 20.2 Å². The fourth-order valence-corrected chi connectivity index (χ4v) is 0.428. The van der Waals surface area contributed by atoms with Crippen LogP contribution in [0.4, 0.5) is 0 Å². The van der Waals surface area contributed by atoms with E-state index in [2.05, 4.69) is 0 Å². The van der Waals surface area contributed by atoms with Gasteiger partial charge in [0.05, 0.1) is 0 Å².